The molecule has 0 aliphatic carbocycles. The number of hydrogen-bond acceptors (Lipinski definition) is 2. The summed E-state index contributed by atoms with van der Waals surface area (Å²) >= 11 is 0. The summed E-state index contributed by atoms with van der Waals surface area (Å²) in [6.45, 7) is 9.74. The topological polar surface area (TPSA) is 40.5 Å². The third-order valence-corrected chi connectivity index (χ3v) is 1.91. The smallest absolute Gasteiger partial charge is 0.0535 e. The zero-order chi connectivity index (χ0) is 10.1. The molecule has 2 heteroatoms. The summed E-state index contributed by atoms with van der Waals surface area (Å²) in [5.74, 6) is 0.407. The maximum absolute atomic E-state index is 8.67. The molecule has 0 bridgehead atoms. The maximum atomic E-state index is 8.67. The van der Waals surface area contributed by atoms with Gasteiger partial charge in [0.25, 0.3) is 0 Å². The lowest BCUT2D eigenvalue weighted by Crippen LogP contribution is -2.07. The van der Waals surface area contributed by atoms with E-state index in [9.17, 15) is 0 Å². The molecule has 76 valence electrons. The standard InChI is InChI=1S/2C5H12O/c1-4(2)5(3)6;1-3-5(6)4-2/h4-6H,1-3H3;5-6H,3-4H2,1-2H3. The Morgan fingerprint density at radius 2 is 1.17 bits per heavy atom. The highest BCUT2D eigenvalue weighted by atomic mass is 16.3. The molecule has 0 rings (SSSR count). The van der Waals surface area contributed by atoms with Crippen LogP contribution in [0.25, 0.3) is 0 Å². The van der Waals surface area contributed by atoms with E-state index in [1.807, 2.05) is 27.7 Å². The molecule has 0 fully saturated rings. The molecule has 0 spiro atoms. The van der Waals surface area contributed by atoms with Crippen molar-refractivity contribution in [1.29, 1.82) is 0 Å². The Bertz CT molecular complexity index is 69.9. The van der Waals surface area contributed by atoms with Crippen LogP contribution in [0.1, 0.15) is 47.5 Å². The molecule has 0 heterocycles. The van der Waals surface area contributed by atoms with Crippen molar-refractivity contribution < 1.29 is 10.2 Å². The fourth-order valence-electron chi connectivity index (χ4n) is 0.289. The second-order valence-corrected chi connectivity index (χ2v) is 3.45. The van der Waals surface area contributed by atoms with Gasteiger partial charge >= 0.3 is 0 Å². The SMILES string of the molecule is CC(C)C(C)O.CCC(O)CC. The van der Waals surface area contributed by atoms with Gasteiger partial charge in [0, 0.05) is 0 Å². The van der Waals surface area contributed by atoms with Crippen molar-refractivity contribution in [3.8, 4) is 0 Å². The van der Waals surface area contributed by atoms with Crippen molar-refractivity contribution in [2.45, 2.75) is 59.7 Å². The average molecular weight is 176 g/mol. The quantitative estimate of drug-likeness (QED) is 0.692. The monoisotopic (exact) mass is 176 g/mol. The summed E-state index contributed by atoms with van der Waals surface area (Å²) in [6, 6.07) is 0. The minimum atomic E-state index is -0.148. The molecule has 0 amide bonds. The van der Waals surface area contributed by atoms with Crippen LogP contribution in [-0.4, -0.2) is 22.4 Å². The Kier molecular flexibility index (Phi) is 10.8. The predicted octanol–water partition coefficient (Wildman–Crippen LogP) is 2.19. The van der Waals surface area contributed by atoms with Gasteiger partial charge in [0.05, 0.1) is 12.2 Å². The van der Waals surface area contributed by atoms with Gasteiger partial charge in [-0.15, -0.1) is 0 Å². The van der Waals surface area contributed by atoms with Crippen LogP contribution in [0.2, 0.25) is 0 Å². The highest BCUT2D eigenvalue weighted by molar-refractivity contribution is 4.48. The van der Waals surface area contributed by atoms with E-state index in [0.717, 1.165) is 12.8 Å². The Labute approximate surface area is 76.6 Å². The molecule has 2 N–H and O–H groups in total. The van der Waals surface area contributed by atoms with E-state index < -0.39 is 0 Å². The first-order chi connectivity index (χ1) is 5.45. The van der Waals surface area contributed by atoms with E-state index in [2.05, 4.69) is 0 Å². The molecule has 0 saturated carbocycles. The highest BCUT2D eigenvalue weighted by Gasteiger charge is 1.97. The van der Waals surface area contributed by atoms with Crippen molar-refractivity contribution in [2.24, 2.45) is 5.92 Å². The minimum Gasteiger partial charge on any atom is -0.393 e. The zero-order valence-corrected chi connectivity index (χ0v) is 9.04. The largest absolute Gasteiger partial charge is 0.393 e. The van der Waals surface area contributed by atoms with Crippen molar-refractivity contribution in [2.75, 3.05) is 0 Å². The first-order valence-corrected chi connectivity index (χ1v) is 4.81. The van der Waals surface area contributed by atoms with Crippen molar-refractivity contribution in [1.82, 2.24) is 0 Å². The van der Waals surface area contributed by atoms with Crippen LogP contribution in [0.15, 0.2) is 0 Å². The molecule has 0 aromatic rings. The van der Waals surface area contributed by atoms with Gasteiger partial charge in [-0.3, -0.25) is 0 Å². The third-order valence-electron chi connectivity index (χ3n) is 1.91. The zero-order valence-electron chi connectivity index (χ0n) is 9.04. The van der Waals surface area contributed by atoms with Crippen LogP contribution in [0, 0.1) is 5.92 Å². The van der Waals surface area contributed by atoms with Crippen LogP contribution >= 0.6 is 0 Å². The first kappa shape index (κ1) is 14.4. The van der Waals surface area contributed by atoms with E-state index >= 15 is 0 Å². The molecule has 0 aromatic heterocycles. The minimum absolute atomic E-state index is 0.0648. The number of aliphatic hydroxyl groups excluding tert-OH is 2. The van der Waals surface area contributed by atoms with E-state index in [-0.39, 0.29) is 12.2 Å². The van der Waals surface area contributed by atoms with E-state index in [1.54, 1.807) is 6.92 Å². The molecule has 0 aliphatic rings. The summed E-state index contributed by atoms with van der Waals surface area (Å²) < 4.78 is 0. The van der Waals surface area contributed by atoms with Crippen molar-refractivity contribution in [3.63, 3.8) is 0 Å². The normalized spacial score (nSPS) is 12.8. The lowest BCUT2D eigenvalue weighted by Gasteiger charge is -2.04. The van der Waals surface area contributed by atoms with Crippen LogP contribution < -0.4 is 0 Å². The van der Waals surface area contributed by atoms with Crippen molar-refractivity contribution >= 4 is 0 Å². The molecule has 2 nitrogen and oxygen atoms in total. The van der Waals surface area contributed by atoms with Crippen molar-refractivity contribution in [3.05, 3.63) is 0 Å². The van der Waals surface area contributed by atoms with Gasteiger partial charge in [-0.2, -0.15) is 0 Å². The number of hydrogen-bond donors (Lipinski definition) is 2. The van der Waals surface area contributed by atoms with Gasteiger partial charge in [0.2, 0.25) is 0 Å². The van der Waals surface area contributed by atoms with E-state index in [1.165, 1.54) is 0 Å². The van der Waals surface area contributed by atoms with Gasteiger partial charge < -0.3 is 10.2 Å². The molecule has 1 atom stereocenters. The Morgan fingerprint density at radius 1 is 0.917 bits per heavy atom. The van der Waals surface area contributed by atoms with Gasteiger partial charge in [0.1, 0.15) is 0 Å². The summed E-state index contributed by atoms with van der Waals surface area (Å²) in [7, 11) is 0. The summed E-state index contributed by atoms with van der Waals surface area (Å²) in [4.78, 5) is 0. The van der Waals surface area contributed by atoms with Gasteiger partial charge in [-0.25, -0.2) is 0 Å². The first-order valence-electron chi connectivity index (χ1n) is 4.81. The fourth-order valence-corrected chi connectivity index (χ4v) is 0.289. The summed E-state index contributed by atoms with van der Waals surface area (Å²) in [5, 5.41) is 17.3. The molecule has 0 aliphatic heterocycles. The maximum Gasteiger partial charge on any atom is 0.0535 e. The third kappa shape index (κ3) is 12.6. The second kappa shape index (κ2) is 9.01. The molecule has 0 aromatic carbocycles. The molecule has 0 radical (unpaired) electrons. The summed E-state index contributed by atoms with van der Waals surface area (Å²) in [6.07, 6.45) is 1.56. The molecule has 12 heavy (non-hydrogen) atoms. The van der Waals surface area contributed by atoms with Crippen LogP contribution in [0.4, 0.5) is 0 Å². The van der Waals surface area contributed by atoms with Gasteiger partial charge in [-0.05, 0) is 25.7 Å². The lowest BCUT2D eigenvalue weighted by molar-refractivity contribution is 0.144. The summed E-state index contributed by atoms with van der Waals surface area (Å²) in [5.41, 5.74) is 0. The predicted molar refractivity (Wildman–Crippen MR) is 53.1 cm³/mol. The highest BCUT2D eigenvalue weighted by Crippen LogP contribution is 1.96. The van der Waals surface area contributed by atoms with E-state index in [4.69, 9.17) is 10.2 Å². The average Bonchev–Trinajstić information content (AvgIpc) is 2.04. The van der Waals surface area contributed by atoms with E-state index in [0.29, 0.717) is 5.92 Å². The van der Waals surface area contributed by atoms with Crippen LogP contribution in [0.5, 0.6) is 0 Å². The Morgan fingerprint density at radius 3 is 1.17 bits per heavy atom. The number of aliphatic hydroxyl groups is 2. The Hall–Kier alpha value is -0.0800. The Balaban J connectivity index is 0. The van der Waals surface area contributed by atoms with Gasteiger partial charge in [-0.1, -0.05) is 27.7 Å². The lowest BCUT2D eigenvalue weighted by atomic mass is 10.1. The second-order valence-electron chi connectivity index (χ2n) is 3.45. The molecule has 0 saturated heterocycles. The number of rotatable bonds is 3. The van der Waals surface area contributed by atoms with Gasteiger partial charge in [0.15, 0.2) is 0 Å². The molecular weight excluding hydrogens is 152 g/mol. The molecular formula is C10H24O2. The molecule has 1 unspecified atom stereocenters. The van der Waals surface area contributed by atoms with Crippen LogP contribution in [0.3, 0.4) is 0 Å². The van der Waals surface area contributed by atoms with Crippen LogP contribution in [-0.2, 0) is 0 Å². The fraction of sp³-hybridized carbons (Fsp3) is 1.00.